The second kappa shape index (κ2) is 6.57. The summed E-state index contributed by atoms with van der Waals surface area (Å²) in [5, 5.41) is 3.78. The van der Waals surface area contributed by atoms with E-state index in [4.69, 9.17) is 4.52 Å². The predicted octanol–water partition coefficient (Wildman–Crippen LogP) is 1.75. The maximum absolute atomic E-state index is 12.9. The van der Waals surface area contributed by atoms with E-state index in [1.54, 1.807) is 11.9 Å². The van der Waals surface area contributed by atoms with Crippen LogP contribution in [0.4, 0.5) is 4.39 Å². The van der Waals surface area contributed by atoms with Gasteiger partial charge in [0.15, 0.2) is 0 Å². The van der Waals surface area contributed by atoms with Gasteiger partial charge in [-0.05, 0) is 37.1 Å². The number of rotatable bonds is 6. The Morgan fingerprint density at radius 1 is 1.39 bits per heavy atom. The van der Waals surface area contributed by atoms with Crippen LogP contribution in [0.3, 0.4) is 0 Å². The molecule has 8 heteroatoms. The number of halogens is 1. The molecule has 1 heterocycles. The molecule has 1 unspecified atom stereocenters. The number of aromatic nitrogens is 2. The van der Waals surface area contributed by atoms with E-state index in [9.17, 15) is 13.4 Å². The van der Waals surface area contributed by atoms with Crippen LogP contribution in [0.15, 0.2) is 28.8 Å². The number of nitrogens with zero attached hydrogens (tertiary/aromatic N) is 3. The summed E-state index contributed by atoms with van der Waals surface area (Å²) in [5.74, 6) is -0.0105. The van der Waals surface area contributed by atoms with Gasteiger partial charge in [0.05, 0.1) is 0 Å². The fourth-order valence-corrected chi connectivity index (χ4v) is 3.10. The van der Waals surface area contributed by atoms with E-state index in [0.29, 0.717) is 17.4 Å². The van der Waals surface area contributed by atoms with Crippen molar-refractivity contribution in [2.24, 2.45) is 0 Å². The van der Waals surface area contributed by atoms with Crippen LogP contribution in [0.25, 0.3) is 11.4 Å². The molecule has 0 radical (unpaired) electrons. The fourth-order valence-electron chi connectivity index (χ4n) is 2.12. The Hall–Kier alpha value is -2.09. The smallest absolute Gasteiger partial charge is 0.239 e. The number of amides is 1. The molecular formula is C15H16FN3O3S. The highest BCUT2D eigenvalue weighted by atomic mass is 32.2. The van der Waals surface area contributed by atoms with Gasteiger partial charge in [-0.15, -0.1) is 0 Å². The minimum absolute atomic E-state index is 0.0262. The largest absolute Gasteiger partial charge is 0.342 e. The summed E-state index contributed by atoms with van der Waals surface area (Å²) < 4.78 is 30.0. The van der Waals surface area contributed by atoms with Gasteiger partial charge in [-0.3, -0.25) is 9.00 Å². The molecule has 1 saturated carbocycles. The molecule has 0 N–H and O–H groups in total. The normalized spacial score (nSPS) is 15.4. The van der Waals surface area contributed by atoms with Crippen molar-refractivity contribution in [2.45, 2.75) is 24.6 Å². The first-order chi connectivity index (χ1) is 11.0. The third-order valence-electron chi connectivity index (χ3n) is 3.63. The first-order valence-electron chi connectivity index (χ1n) is 7.22. The van der Waals surface area contributed by atoms with Gasteiger partial charge in [-0.25, -0.2) is 4.39 Å². The topological polar surface area (TPSA) is 76.3 Å². The molecule has 1 aliphatic rings. The Morgan fingerprint density at radius 2 is 2.09 bits per heavy atom. The van der Waals surface area contributed by atoms with Crippen LogP contribution < -0.4 is 0 Å². The molecule has 0 bridgehead atoms. The van der Waals surface area contributed by atoms with E-state index in [1.165, 1.54) is 24.3 Å². The predicted molar refractivity (Wildman–Crippen MR) is 82.2 cm³/mol. The molecule has 0 saturated heterocycles. The number of hydrogen-bond donors (Lipinski definition) is 0. The second-order valence-corrected chi connectivity index (χ2v) is 6.94. The molecule has 0 spiro atoms. The Balaban J connectivity index is 1.58. The Morgan fingerprint density at radius 3 is 2.74 bits per heavy atom. The van der Waals surface area contributed by atoms with Crippen LogP contribution in [0, 0.1) is 5.82 Å². The zero-order chi connectivity index (χ0) is 16.4. The number of hydrogen-bond acceptors (Lipinski definition) is 5. The van der Waals surface area contributed by atoms with Crippen molar-refractivity contribution in [1.82, 2.24) is 15.0 Å². The SMILES string of the molecule is CN(C(=O)CS(=O)Cc1nc(-c2ccc(F)cc2)no1)C1CC1. The molecule has 1 aliphatic carbocycles. The van der Waals surface area contributed by atoms with Crippen molar-refractivity contribution in [3.8, 4) is 11.4 Å². The molecule has 2 aromatic rings. The first-order valence-corrected chi connectivity index (χ1v) is 8.71. The quantitative estimate of drug-likeness (QED) is 0.802. The van der Waals surface area contributed by atoms with Crippen LogP contribution in [-0.4, -0.2) is 44.0 Å². The molecule has 1 aromatic carbocycles. The van der Waals surface area contributed by atoms with Crippen molar-refractivity contribution in [1.29, 1.82) is 0 Å². The summed E-state index contributed by atoms with van der Waals surface area (Å²) >= 11 is 0. The lowest BCUT2D eigenvalue weighted by Gasteiger charge is -2.15. The molecule has 1 aromatic heterocycles. The van der Waals surface area contributed by atoms with E-state index >= 15 is 0 Å². The van der Waals surface area contributed by atoms with Crippen molar-refractivity contribution < 1.29 is 17.9 Å². The van der Waals surface area contributed by atoms with Crippen LogP contribution in [0.1, 0.15) is 18.7 Å². The molecular weight excluding hydrogens is 321 g/mol. The third kappa shape index (κ3) is 4.01. The molecule has 6 nitrogen and oxygen atoms in total. The average Bonchev–Trinajstić information content (AvgIpc) is 3.27. The zero-order valence-electron chi connectivity index (χ0n) is 12.6. The first kappa shape index (κ1) is 15.8. The van der Waals surface area contributed by atoms with E-state index in [0.717, 1.165) is 12.8 Å². The summed E-state index contributed by atoms with van der Waals surface area (Å²) in [6.07, 6.45) is 2.03. The van der Waals surface area contributed by atoms with Gasteiger partial charge < -0.3 is 9.42 Å². The molecule has 3 rings (SSSR count). The summed E-state index contributed by atoms with van der Waals surface area (Å²) in [5.41, 5.74) is 0.608. The summed E-state index contributed by atoms with van der Waals surface area (Å²) in [7, 11) is 0.328. The van der Waals surface area contributed by atoms with Gasteiger partial charge in [0, 0.05) is 29.5 Å². The summed E-state index contributed by atoms with van der Waals surface area (Å²) in [4.78, 5) is 17.7. The molecule has 23 heavy (non-hydrogen) atoms. The van der Waals surface area contributed by atoms with Crippen LogP contribution in [0.5, 0.6) is 0 Å². The molecule has 122 valence electrons. The molecule has 0 aliphatic heterocycles. The van der Waals surface area contributed by atoms with E-state index in [-0.39, 0.29) is 29.1 Å². The van der Waals surface area contributed by atoms with E-state index in [2.05, 4.69) is 10.1 Å². The molecule has 1 fully saturated rings. The fraction of sp³-hybridized carbons (Fsp3) is 0.400. The monoisotopic (exact) mass is 337 g/mol. The zero-order valence-corrected chi connectivity index (χ0v) is 13.4. The Bertz CT molecular complexity index is 728. The standard InChI is InChI=1S/C15H16FN3O3S/c1-19(12-6-7-12)14(20)9-23(21)8-13-17-15(18-22-13)10-2-4-11(16)5-3-10/h2-5,12H,6-9H2,1H3. The lowest BCUT2D eigenvalue weighted by atomic mass is 10.2. The number of carbonyl (C=O) groups excluding carboxylic acids is 1. The number of benzene rings is 1. The van der Waals surface area contributed by atoms with E-state index < -0.39 is 10.8 Å². The maximum Gasteiger partial charge on any atom is 0.239 e. The van der Waals surface area contributed by atoms with Crippen molar-refractivity contribution in [3.05, 3.63) is 36.0 Å². The minimum Gasteiger partial charge on any atom is -0.342 e. The lowest BCUT2D eigenvalue weighted by Crippen LogP contribution is -2.32. The van der Waals surface area contributed by atoms with Gasteiger partial charge in [0.2, 0.25) is 17.6 Å². The van der Waals surface area contributed by atoms with Gasteiger partial charge in [-0.1, -0.05) is 5.16 Å². The average molecular weight is 337 g/mol. The van der Waals surface area contributed by atoms with Crippen LogP contribution in [-0.2, 0) is 21.3 Å². The highest BCUT2D eigenvalue weighted by molar-refractivity contribution is 7.84. The van der Waals surface area contributed by atoms with Gasteiger partial charge in [-0.2, -0.15) is 4.98 Å². The summed E-state index contributed by atoms with van der Waals surface area (Å²) in [6, 6.07) is 5.98. The van der Waals surface area contributed by atoms with Crippen LogP contribution in [0.2, 0.25) is 0 Å². The van der Waals surface area contributed by atoms with E-state index in [1.807, 2.05) is 0 Å². The van der Waals surface area contributed by atoms with Crippen molar-refractivity contribution >= 4 is 16.7 Å². The minimum atomic E-state index is -1.40. The van der Waals surface area contributed by atoms with Crippen molar-refractivity contribution in [2.75, 3.05) is 12.8 Å². The Labute approximate surface area is 135 Å². The van der Waals surface area contributed by atoms with Gasteiger partial charge >= 0.3 is 0 Å². The molecule has 1 amide bonds. The number of carbonyl (C=O) groups is 1. The van der Waals surface area contributed by atoms with Crippen molar-refractivity contribution in [3.63, 3.8) is 0 Å². The molecule has 1 atom stereocenters. The highest BCUT2D eigenvalue weighted by Gasteiger charge is 2.30. The van der Waals surface area contributed by atoms with Crippen LogP contribution >= 0.6 is 0 Å². The summed E-state index contributed by atoms with van der Waals surface area (Å²) in [6.45, 7) is 0. The maximum atomic E-state index is 12.9. The van der Waals surface area contributed by atoms with Gasteiger partial charge in [0.25, 0.3) is 0 Å². The lowest BCUT2D eigenvalue weighted by molar-refractivity contribution is -0.127. The van der Waals surface area contributed by atoms with Gasteiger partial charge in [0.1, 0.15) is 17.3 Å². The Kier molecular flexibility index (Phi) is 4.51. The third-order valence-corrected chi connectivity index (χ3v) is 4.77. The highest BCUT2D eigenvalue weighted by Crippen LogP contribution is 2.25. The second-order valence-electron chi connectivity index (χ2n) is 5.48.